The molecule has 6 nitrogen and oxygen atoms in total. The standard InChI is InChI=1S/C14H21N5OS/c1-14(8-15)4-3-5-19(9-14)13-16-12(17-18-13)11-6-10(20-2)7-21-11/h6-7H,3-5,8-9,15H2,1-2H3,(H,16,17,18). The van der Waals surface area contributed by atoms with Gasteiger partial charge in [0.2, 0.25) is 5.95 Å². The molecule has 7 heteroatoms. The van der Waals surface area contributed by atoms with Crippen LogP contribution in [0, 0.1) is 5.41 Å². The first kappa shape index (κ1) is 14.3. The molecule has 0 aliphatic carbocycles. The Morgan fingerprint density at radius 2 is 2.43 bits per heavy atom. The molecule has 3 rings (SSSR count). The van der Waals surface area contributed by atoms with Crippen LogP contribution in [0.25, 0.3) is 10.7 Å². The van der Waals surface area contributed by atoms with Crippen molar-refractivity contribution in [2.24, 2.45) is 11.1 Å². The molecule has 1 atom stereocenters. The fourth-order valence-electron chi connectivity index (χ4n) is 2.71. The molecule has 0 bridgehead atoms. The number of H-pyrrole nitrogens is 1. The molecule has 0 spiro atoms. The predicted octanol–water partition coefficient (Wildman–Crippen LogP) is 2.11. The first-order valence-electron chi connectivity index (χ1n) is 7.14. The Labute approximate surface area is 128 Å². The first-order chi connectivity index (χ1) is 10.1. The van der Waals surface area contributed by atoms with E-state index in [1.54, 1.807) is 18.4 Å². The Kier molecular flexibility index (Phi) is 3.86. The maximum atomic E-state index is 5.90. The van der Waals surface area contributed by atoms with Gasteiger partial charge in [0.15, 0.2) is 5.82 Å². The van der Waals surface area contributed by atoms with Crippen molar-refractivity contribution in [3.05, 3.63) is 11.4 Å². The quantitative estimate of drug-likeness (QED) is 0.904. The third kappa shape index (κ3) is 2.89. The predicted molar refractivity (Wildman–Crippen MR) is 84.9 cm³/mol. The van der Waals surface area contributed by atoms with Crippen LogP contribution in [0.4, 0.5) is 5.95 Å². The average Bonchev–Trinajstić information content (AvgIpc) is 3.16. The number of rotatable bonds is 4. The number of thiophene rings is 1. The molecule has 3 heterocycles. The lowest BCUT2D eigenvalue weighted by molar-refractivity contribution is 0.270. The van der Waals surface area contributed by atoms with Crippen LogP contribution in [0.3, 0.4) is 0 Å². The van der Waals surface area contributed by atoms with E-state index in [-0.39, 0.29) is 5.41 Å². The highest BCUT2D eigenvalue weighted by Crippen LogP contribution is 2.32. The number of nitrogens with zero attached hydrogens (tertiary/aromatic N) is 3. The fourth-order valence-corrected chi connectivity index (χ4v) is 3.50. The SMILES string of the molecule is COc1csc(-c2nc(N3CCCC(C)(CN)C3)n[nH]2)c1. The van der Waals surface area contributed by atoms with Gasteiger partial charge in [-0.05, 0) is 24.8 Å². The highest BCUT2D eigenvalue weighted by Gasteiger charge is 2.31. The van der Waals surface area contributed by atoms with Crippen molar-refractivity contribution < 1.29 is 4.74 Å². The lowest BCUT2D eigenvalue weighted by Gasteiger charge is -2.39. The van der Waals surface area contributed by atoms with Gasteiger partial charge in [-0.1, -0.05) is 6.92 Å². The van der Waals surface area contributed by atoms with Gasteiger partial charge in [-0.2, -0.15) is 4.98 Å². The van der Waals surface area contributed by atoms with Crippen LogP contribution >= 0.6 is 11.3 Å². The van der Waals surface area contributed by atoms with E-state index < -0.39 is 0 Å². The molecule has 114 valence electrons. The number of piperidine rings is 1. The third-order valence-corrected chi connectivity index (χ3v) is 4.99. The van der Waals surface area contributed by atoms with Crippen molar-refractivity contribution in [2.45, 2.75) is 19.8 Å². The number of aromatic amines is 1. The lowest BCUT2D eigenvalue weighted by Crippen LogP contribution is -2.46. The summed E-state index contributed by atoms with van der Waals surface area (Å²) in [6.45, 7) is 4.83. The summed E-state index contributed by atoms with van der Waals surface area (Å²) in [7, 11) is 1.67. The second-order valence-electron chi connectivity index (χ2n) is 5.87. The minimum Gasteiger partial charge on any atom is -0.496 e. The second kappa shape index (κ2) is 5.65. The molecule has 0 aromatic carbocycles. The van der Waals surface area contributed by atoms with Crippen molar-refractivity contribution in [3.8, 4) is 16.5 Å². The van der Waals surface area contributed by atoms with Crippen LogP contribution in [0.2, 0.25) is 0 Å². The van der Waals surface area contributed by atoms with E-state index in [0.29, 0.717) is 6.54 Å². The Morgan fingerprint density at radius 1 is 1.57 bits per heavy atom. The zero-order valence-corrected chi connectivity index (χ0v) is 13.2. The summed E-state index contributed by atoms with van der Waals surface area (Å²) >= 11 is 1.59. The Balaban J connectivity index is 1.78. The van der Waals surface area contributed by atoms with Gasteiger partial charge in [-0.3, -0.25) is 5.10 Å². The molecule has 1 unspecified atom stereocenters. The molecular weight excluding hydrogens is 286 g/mol. The normalized spacial score (nSPS) is 22.5. The van der Waals surface area contributed by atoms with Crippen molar-refractivity contribution >= 4 is 17.3 Å². The van der Waals surface area contributed by atoms with E-state index in [2.05, 4.69) is 27.0 Å². The van der Waals surface area contributed by atoms with Crippen molar-refractivity contribution in [2.75, 3.05) is 31.6 Å². The van der Waals surface area contributed by atoms with E-state index in [0.717, 1.165) is 41.9 Å². The maximum absolute atomic E-state index is 5.90. The Hall–Kier alpha value is -1.60. The minimum atomic E-state index is 0.158. The van der Waals surface area contributed by atoms with E-state index >= 15 is 0 Å². The molecular formula is C14H21N5OS. The van der Waals surface area contributed by atoms with E-state index in [1.165, 1.54) is 6.42 Å². The van der Waals surface area contributed by atoms with Gasteiger partial charge >= 0.3 is 0 Å². The third-order valence-electron chi connectivity index (χ3n) is 4.07. The number of hydrogen-bond donors (Lipinski definition) is 2. The van der Waals surface area contributed by atoms with Crippen LogP contribution in [-0.2, 0) is 0 Å². The van der Waals surface area contributed by atoms with Crippen LogP contribution < -0.4 is 15.4 Å². The zero-order valence-electron chi connectivity index (χ0n) is 12.4. The van der Waals surface area contributed by atoms with Crippen LogP contribution in [-0.4, -0.2) is 41.9 Å². The number of anilines is 1. The van der Waals surface area contributed by atoms with Crippen LogP contribution in [0.15, 0.2) is 11.4 Å². The number of nitrogens with two attached hydrogens (primary N) is 1. The van der Waals surface area contributed by atoms with Crippen molar-refractivity contribution in [1.29, 1.82) is 0 Å². The van der Waals surface area contributed by atoms with Crippen molar-refractivity contribution in [3.63, 3.8) is 0 Å². The second-order valence-corrected chi connectivity index (χ2v) is 6.79. The summed E-state index contributed by atoms with van der Waals surface area (Å²) in [5.74, 6) is 2.40. The summed E-state index contributed by atoms with van der Waals surface area (Å²) in [6.07, 6.45) is 2.30. The van der Waals surface area contributed by atoms with Gasteiger partial charge < -0.3 is 15.4 Å². The topological polar surface area (TPSA) is 80.1 Å². The Morgan fingerprint density at radius 3 is 3.14 bits per heavy atom. The summed E-state index contributed by atoms with van der Waals surface area (Å²) in [6, 6.07) is 1.97. The zero-order chi connectivity index (χ0) is 14.9. The number of methoxy groups -OCH3 is 1. The van der Waals surface area contributed by atoms with Gasteiger partial charge in [0.25, 0.3) is 0 Å². The summed E-state index contributed by atoms with van der Waals surface area (Å²) < 4.78 is 5.21. The number of aromatic nitrogens is 3. The Bertz CT molecular complexity index is 610. The first-order valence-corrected chi connectivity index (χ1v) is 8.02. The lowest BCUT2D eigenvalue weighted by atomic mass is 9.82. The molecule has 3 N–H and O–H groups in total. The van der Waals surface area contributed by atoms with E-state index in [4.69, 9.17) is 10.5 Å². The minimum absolute atomic E-state index is 0.158. The molecule has 1 saturated heterocycles. The summed E-state index contributed by atoms with van der Waals surface area (Å²) in [5, 5.41) is 9.35. The van der Waals surface area contributed by atoms with Crippen LogP contribution in [0.1, 0.15) is 19.8 Å². The monoisotopic (exact) mass is 307 g/mol. The molecule has 0 radical (unpaired) electrons. The molecule has 0 saturated carbocycles. The molecule has 0 amide bonds. The van der Waals surface area contributed by atoms with Crippen LogP contribution in [0.5, 0.6) is 5.75 Å². The van der Waals surface area contributed by atoms with Gasteiger partial charge in [0.05, 0.1) is 12.0 Å². The molecule has 1 aliphatic heterocycles. The van der Waals surface area contributed by atoms with Gasteiger partial charge in [-0.15, -0.1) is 16.4 Å². The number of nitrogens with one attached hydrogen (secondary N) is 1. The average molecular weight is 307 g/mol. The molecule has 21 heavy (non-hydrogen) atoms. The summed E-state index contributed by atoms with van der Waals surface area (Å²) in [4.78, 5) is 7.88. The number of hydrogen-bond acceptors (Lipinski definition) is 6. The fraction of sp³-hybridized carbons (Fsp3) is 0.571. The van der Waals surface area contributed by atoms with Crippen molar-refractivity contribution in [1.82, 2.24) is 15.2 Å². The molecule has 2 aromatic heterocycles. The van der Waals surface area contributed by atoms with Gasteiger partial charge in [-0.25, -0.2) is 0 Å². The van der Waals surface area contributed by atoms with E-state index in [9.17, 15) is 0 Å². The summed E-state index contributed by atoms with van der Waals surface area (Å²) in [5.41, 5.74) is 6.06. The van der Waals surface area contributed by atoms with Gasteiger partial charge in [0, 0.05) is 24.5 Å². The highest BCUT2D eigenvalue weighted by molar-refractivity contribution is 7.13. The molecule has 2 aromatic rings. The van der Waals surface area contributed by atoms with Gasteiger partial charge in [0.1, 0.15) is 5.75 Å². The molecule has 1 fully saturated rings. The smallest absolute Gasteiger partial charge is 0.245 e. The maximum Gasteiger partial charge on any atom is 0.245 e. The molecule has 1 aliphatic rings. The number of ether oxygens (including phenoxy) is 1. The largest absolute Gasteiger partial charge is 0.496 e. The highest BCUT2D eigenvalue weighted by atomic mass is 32.1. The van der Waals surface area contributed by atoms with E-state index in [1.807, 2.05) is 11.4 Å².